The minimum atomic E-state index is 0.622. The third-order valence-electron chi connectivity index (χ3n) is 0.697. The molecule has 5 heteroatoms. The minimum Gasteiger partial charge on any atom is -0.330 e. The third kappa shape index (κ3) is 1.21. The van der Waals surface area contributed by atoms with Gasteiger partial charge in [0.1, 0.15) is 5.01 Å². The molecular formula is C3H6N4S. The molecule has 0 aliphatic rings. The van der Waals surface area contributed by atoms with Crippen molar-refractivity contribution in [1.29, 1.82) is 0 Å². The van der Waals surface area contributed by atoms with Gasteiger partial charge in [-0.3, -0.25) is 0 Å². The van der Waals surface area contributed by atoms with Crippen LogP contribution in [0, 0.1) is 0 Å². The van der Waals surface area contributed by atoms with Crippen LogP contribution in [-0.2, 0) is 6.42 Å². The topological polar surface area (TPSA) is 64.7 Å². The average Bonchev–Trinajstić information content (AvgIpc) is 2.19. The Kier molecular flexibility index (Phi) is 1.87. The van der Waals surface area contributed by atoms with Crippen LogP contribution < -0.4 is 5.73 Å². The molecule has 0 saturated heterocycles. The normalized spacial score (nSPS) is 9.62. The summed E-state index contributed by atoms with van der Waals surface area (Å²) in [7, 11) is 0. The van der Waals surface area contributed by atoms with E-state index in [2.05, 4.69) is 14.8 Å². The van der Waals surface area contributed by atoms with Crippen LogP contribution in [0.25, 0.3) is 0 Å². The van der Waals surface area contributed by atoms with Crippen molar-refractivity contribution in [3.8, 4) is 0 Å². The zero-order valence-corrected chi connectivity index (χ0v) is 5.06. The lowest BCUT2D eigenvalue weighted by Crippen LogP contribution is -2.01. The van der Waals surface area contributed by atoms with Gasteiger partial charge in [-0.05, 0) is 11.8 Å². The number of hydrogen-bond donors (Lipinski definition) is 1. The molecule has 44 valence electrons. The molecule has 0 amide bonds. The summed E-state index contributed by atoms with van der Waals surface area (Å²) in [5.74, 6) is 0. The van der Waals surface area contributed by atoms with E-state index in [-0.39, 0.29) is 0 Å². The van der Waals surface area contributed by atoms with Crippen molar-refractivity contribution in [3.63, 3.8) is 0 Å². The van der Waals surface area contributed by atoms with E-state index >= 15 is 0 Å². The Balaban J connectivity index is 2.50. The molecular weight excluding hydrogens is 124 g/mol. The Morgan fingerprint density at radius 2 is 2.50 bits per heavy atom. The summed E-state index contributed by atoms with van der Waals surface area (Å²) in [5.41, 5.74) is 5.23. The van der Waals surface area contributed by atoms with Crippen molar-refractivity contribution >= 4 is 11.5 Å². The van der Waals surface area contributed by atoms with Crippen LogP contribution in [0.15, 0.2) is 0 Å². The summed E-state index contributed by atoms with van der Waals surface area (Å²) in [4.78, 5) is 0. The van der Waals surface area contributed by atoms with Gasteiger partial charge in [0, 0.05) is 18.0 Å². The lowest BCUT2D eigenvalue weighted by molar-refractivity contribution is 0.877. The molecule has 0 atom stereocenters. The summed E-state index contributed by atoms with van der Waals surface area (Å²) >= 11 is 1.30. The van der Waals surface area contributed by atoms with Gasteiger partial charge in [0.05, 0.1) is 0 Å². The molecule has 0 bridgehead atoms. The van der Waals surface area contributed by atoms with Gasteiger partial charge in [-0.15, -0.1) is 5.10 Å². The van der Waals surface area contributed by atoms with Crippen LogP contribution in [0.5, 0.6) is 0 Å². The molecule has 1 aromatic rings. The molecule has 1 rings (SSSR count). The fourth-order valence-corrected chi connectivity index (χ4v) is 0.820. The van der Waals surface area contributed by atoms with Crippen LogP contribution in [0.1, 0.15) is 5.01 Å². The molecule has 0 spiro atoms. The summed E-state index contributed by atoms with van der Waals surface area (Å²) in [6, 6.07) is 0. The smallest absolute Gasteiger partial charge is 0.139 e. The average molecular weight is 130 g/mol. The first-order chi connectivity index (χ1) is 3.93. The van der Waals surface area contributed by atoms with Crippen molar-refractivity contribution in [2.24, 2.45) is 5.73 Å². The third-order valence-corrected chi connectivity index (χ3v) is 1.35. The predicted octanol–water partition coefficient (Wildman–Crippen LogP) is -0.566. The fraction of sp³-hybridized carbons (Fsp3) is 0.667. The van der Waals surface area contributed by atoms with Crippen molar-refractivity contribution < 1.29 is 0 Å². The maximum atomic E-state index is 5.23. The van der Waals surface area contributed by atoms with E-state index in [9.17, 15) is 0 Å². The van der Waals surface area contributed by atoms with Crippen molar-refractivity contribution in [3.05, 3.63) is 5.01 Å². The lowest BCUT2D eigenvalue weighted by atomic mass is 10.5. The van der Waals surface area contributed by atoms with Crippen molar-refractivity contribution in [2.45, 2.75) is 6.42 Å². The van der Waals surface area contributed by atoms with Crippen LogP contribution in [-0.4, -0.2) is 21.3 Å². The standard InChI is InChI=1S/C3H6N4S/c4-2-1-3-5-6-7-8-3/h1-2,4H2. The Labute approximate surface area is 50.9 Å². The largest absolute Gasteiger partial charge is 0.330 e. The second-order valence-electron chi connectivity index (χ2n) is 1.29. The maximum absolute atomic E-state index is 5.23. The first-order valence-electron chi connectivity index (χ1n) is 2.27. The van der Waals surface area contributed by atoms with Crippen molar-refractivity contribution in [2.75, 3.05) is 6.54 Å². The second kappa shape index (κ2) is 2.68. The number of nitrogens with two attached hydrogens (primary N) is 1. The van der Waals surface area contributed by atoms with Crippen LogP contribution in [0.2, 0.25) is 0 Å². The zero-order chi connectivity index (χ0) is 5.82. The monoisotopic (exact) mass is 130 g/mol. The van der Waals surface area contributed by atoms with Gasteiger partial charge in [0.25, 0.3) is 0 Å². The highest BCUT2D eigenvalue weighted by Crippen LogP contribution is 1.95. The van der Waals surface area contributed by atoms with E-state index in [0.717, 1.165) is 11.4 Å². The maximum Gasteiger partial charge on any atom is 0.139 e. The molecule has 1 heterocycles. The van der Waals surface area contributed by atoms with Gasteiger partial charge in [-0.1, -0.05) is 4.49 Å². The Morgan fingerprint density at radius 3 is 3.00 bits per heavy atom. The highest BCUT2D eigenvalue weighted by molar-refractivity contribution is 7.05. The summed E-state index contributed by atoms with van der Waals surface area (Å²) in [6.07, 6.45) is 0.789. The van der Waals surface area contributed by atoms with Gasteiger partial charge in [0.15, 0.2) is 0 Å². The van der Waals surface area contributed by atoms with Crippen LogP contribution >= 0.6 is 11.5 Å². The quantitative estimate of drug-likeness (QED) is 0.582. The highest BCUT2D eigenvalue weighted by atomic mass is 32.1. The Morgan fingerprint density at radius 1 is 1.62 bits per heavy atom. The number of aromatic nitrogens is 3. The van der Waals surface area contributed by atoms with E-state index in [1.165, 1.54) is 11.5 Å². The predicted molar refractivity (Wildman–Crippen MR) is 30.5 cm³/mol. The minimum absolute atomic E-state index is 0.622. The Bertz CT molecular complexity index is 137. The highest BCUT2D eigenvalue weighted by Gasteiger charge is 1.92. The summed E-state index contributed by atoms with van der Waals surface area (Å²) in [6.45, 7) is 0.622. The van der Waals surface area contributed by atoms with Gasteiger partial charge in [-0.2, -0.15) is 0 Å². The molecule has 0 fully saturated rings. The molecule has 2 N–H and O–H groups in total. The summed E-state index contributed by atoms with van der Waals surface area (Å²) in [5, 5.41) is 8.00. The number of hydrogen-bond acceptors (Lipinski definition) is 5. The van der Waals surface area contributed by atoms with E-state index in [1.54, 1.807) is 0 Å². The van der Waals surface area contributed by atoms with Gasteiger partial charge >= 0.3 is 0 Å². The van der Waals surface area contributed by atoms with Gasteiger partial charge in [-0.25, -0.2) is 0 Å². The van der Waals surface area contributed by atoms with E-state index < -0.39 is 0 Å². The van der Waals surface area contributed by atoms with E-state index in [1.807, 2.05) is 0 Å². The van der Waals surface area contributed by atoms with Crippen molar-refractivity contribution in [1.82, 2.24) is 14.8 Å². The van der Waals surface area contributed by atoms with E-state index in [0.29, 0.717) is 6.54 Å². The lowest BCUT2D eigenvalue weighted by Gasteiger charge is -1.81. The fourth-order valence-electron chi connectivity index (χ4n) is 0.371. The van der Waals surface area contributed by atoms with E-state index in [4.69, 9.17) is 5.73 Å². The molecule has 8 heavy (non-hydrogen) atoms. The molecule has 0 saturated carbocycles. The first-order valence-corrected chi connectivity index (χ1v) is 3.05. The molecule has 1 aromatic heterocycles. The molecule has 0 radical (unpaired) electrons. The van der Waals surface area contributed by atoms with Gasteiger partial charge in [0.2, 0.25) is 0 Å². The second-order valence-corrected chi connectivity index (χ2v) is 2.11. The zero-order valence-electron chi connectivity index (χ0n) is 4.24. The molecule has 0 unspecified atom stereocenters. The van der Waals surface area contributed by atoms with Crippen LogP contribution in [0.3, 0.4) is 0 Å². The number of nitrogens with zero attached hydrogens (tertiary/aromatic N) is 3. The molecule has 0 aromatic carbocycles. The molecule has 0 aliphatic heterocycles. The SMILES string of the molecule is NCCc1nnns1. The first kappa shape index (κ1) is 5.58. The molecule has 0 aliphatic carbocycles. The Hall–Kier alpha value is -0.550. The van der Waals surface area contributed by atoms with Crippen LogP contribution in [0.4, 0.5) is 0 Å². The molecule has 4 nitrogen and oxygen atoms in total. The van der Waals surface area contributed by atoms with Gasteiger partial charge < -0.3 is 5.73 Å². The number of rotatable bonds is 2. The summed E-state index contributed by atoms with van der Waals surface area (Å²) < 4.78 is 3.57.